The van der Waals surface area contributed by atoms with E-state index in [0.29, 0.717) is 22.9 Å². The molecule has 0 saturated heterocycles. The van der Waals surface area contributed by atoms with Gasteiger partial charge in [-0.2, -0.15) is 0 Å². The van der Waals surface area contributed by atoms with Crippen LogP contribution in [0.1, 0.15) is 48.5 Å². The Balaban J connectivity index is 1.45. The minimum absolute atomic E-state index is 0.0430. The molecule has 1 aliphatic heterocycles. The Bertz CT molecular complexity index is 918. The zero-order valence-electron chi connectivity index (χ0n) is 15.9. The maximum atomic E-state index is 12.5. The first-order valence-electron chi connectivity index (χ1n) is 9.81. The Labute approximate surface area is 164 Å². The van der Waals surface area contributed by atoms with Crippen LogP contribution < -0.4 is 15.4 Å². The minimum atomic E-state index is -0.285. The number of carbonyl (C=O) groups is 2. The van der Waals surface area contributed by atoms with E-state index < -0.39 is 0 Å². The normalized spacial score (nSPS) is 22.8. The van der Waals surface area contributed by atoms with Crippen LogP contribution in [0.5, 0.6) is 5.75 Å². The third-order valence-corrected chi connectivity index (χ3v) is 5.48. The zero-order chi connectivity index (χ0) is 19.5. The molecule has 1 heterocycles. The smallest absolute Gasteiger partial charge is 0.291 e. The molecule has 2 aliphatic rings. The number of hydrogen-bond donors (Lipinski definition) is 2. The fourth-order valence-corrected chi connectivity index (χ4v) is 3.77. The highest BCUT2D eigenvalue weighted by atomic mass is 16.5. The second-order valence-electron chi connectivity index (χ2n) is 7.52. The van der Waals surface area contributed by atoms with Gasteiger partial charge >= 0.3 is 0 Å². The Hall–Kier alpha value is -3.08. The van der Waals surface area contributed by atoms with Gasteiger partial charge in [0.25, 0.3) is 11.8 Å². The SMILES string of the molecule is C[C@@H]1CCCC[C@H]1NC(=O)c1ccc(/C=C2/Oc3ccccc3NC2=O)cc1. The van der Waals surface area contributed by atoms with E-state index >= 15 is 0 Å². The summed E-state index contributed by atoms with van der Waals surface area (Å²) in [5.74, 6) is 1.04. The molecule has 144 valence electrons. The molecule has 2 N–H and O–H groups in total. The number of benzene rings is 2. The highest BCUT2D eigenvalue weighted by Gasteiger charge is 2.23. The van der Waals surface area contributed by atoms with Gasteiger partial charge in [0.15, 0.2) is 11.5 Å². The van der Waals surface area contributed by atoms with Crippen LogP contribution >= 0.6 is 0 Å². The number of ether oxygens (including phenoxy) is 1. The molecule has 2 aromatic rings. The van der Waals surface area contributed by atoms with Crippen LogP contribution in [0, 0.1) is 5.92 Å². The highest BCUT2D eigenvalue weighted by molar-refractivity contribution is 6.08. The maximum absolute atomic E-state index is 12.5. The van der Waals surface area contributed by atoms with Crippen molar-refractivity contribution in [3.8, 4) is 5.75 Å². The molecule has 0 bridgehead atoms. The van der Waals surface area contributed by atoms with Crippen molar-refractivity contribution >= 4 is 23.6 Å². The molecule has 5 heteroatoms. The summed E-state index contributed by atoms with van der Waals surface area (Å²) in [6, 6.07) is 14.8. The van der Waals surface area contributed by atoms with E-state index in [9.17, 15) is 9.59 Å². The van der Waals surface area contributed by atoms with E-state index in [1.165, 1.54) is 19.3 Å². The van der Waals surface area contributed by atoms with Gasteiger partial charge in [0, 0.05) is 11.6 Å². The van der Waals surface area contributed by atoms with Crippen molar-refractivity contribution < 1.29 is 14.3 Å². The predicted molar refractivity (Wildman–Crippen MR) is 109 cm³/mol. The first-order valence-corrected chi connectivity index (χ1v) is 9.81. The molecular weight excluding hydrogens is 352 g/mol. The Morgan fingerprint density at radius 1 is 1.11 bits per heavy atom. The summed E-state index contributed by atoms with van der Waals surface area (Å²) in [5.41, 5.74) is 2.08. The molecule has 2 amide bonds. The molecule has 4 rings (SSSR count). The van der Waals surface area contributed by atoms with E-state index in [1.807, 2.05) is 30.3 Å². The topological polar surface area (TPSA) is 67.4 Å². The highest BCUT2D eigenvalue weighted by Crippen LogP contribution is 2.30. The summed E-state index contributed by atoms with van der Waals surface area (Å²) in [5, 5.41) is 5.97. The summed E-state index contributed by atoms with van der Waals surface area (Å²) in [7, 11) is 0. The predicted octanol–water partition coefficient (Wildman–Crippen LogP) is 4.37. The lowest BCUT2D eigenvalue weighted by atomic mass is 9.86. The quantitative estimate of drug-likeness (QED) is 0.782. The average molecular weight is 376 g/mol. The van der Waals surface area contributed by atoms with Crippen molar-refractivity contribution in [2.24, 2.45) is 5.92 Å². The Morgan fingerprint density at radius 3 is 2.64 bits per heavy atom. The molecule has 2 aromatic carbocycles. The lowest BCUT2D eigenvalue weighted by molar-refractivity contribution is -0.115. The number of anilines is 1. The number of carbonyl (C=O) groups excluding carboxylic acids is 2. The third-order valence-electron chi connectivity index (χ3n) is 5.48. The van der Waals surface area contributed by atoms with Gasteiger partial charge in [0.1, 0.15) is 0 Å². The first-order chi connectivity index (χ1) is 13.6. The van der Waals surface area contributed by atoms with Crippen molar-refractivity contribution in [1.82, 2.24) is 5.32 Å². The molecule has 0 unspecified atom stereocenters. The number of nitrogens with one attached hydrogen (secondary N) is 2. The summed E-state index contributed by atoms with van der Waals surface area (Å²) in [6.07, 6.45) is 6.31. The van der Waals surface area contributed by atoms with Gasteiger partial charge in [-0.3, -0.25) is 9.59 Å². The Kier molecular flexibility index (Phi) is 5.15. The van der Waals surface area contributed by atoms with Gasteiger partial charge in [-0.25, -0.2) is 0 Å². The summed E-state index contributed by atoms with van der Waals surface area (Å²) in [6.45, 7) is 2.20. The summed E-state index contributed by atoms with van der Waals surface area (Å²) < 4.78 is 5.71. The maximum Gasteiger partial charge on any atom is 0.291 e. The fraction of sp³-hybridized carbons (Fsp3) is 0.304. The number of amides is 2. The molecule has 1 aliphatic carbocycles. The standard InChI is InChI=1S/C23H24N2O3/c1-15-6-2-3-7-18(15)24-22(26)17-12-10-16(11-13-17)14-21-23(27)25-19-8-4-5-9-20(19)28-21/h4-5,8-15,18H,2-3,6-7H2,1H3,(H,24,26)(H,25,27)/b21-14+/t15-,18-/m1/s1. The minimum Gasteiger partial charge on any atom is -0.449 e. The van der Waals surface area contributed by atoms with Crippen molar-refractivity contribution in [3.05, 3.63) is 65.4 Å². The molecule has 2 atom stereocenters. The lowest BCUT2D eigenvalue weighted by Gasteiger charge is -2.29. The monoisotopic (exact) mass is 376 g/mol. The molecule has 0 radical (unpaired) electrons. The molecule has 0 spiro atoms. The van der Waals surface area contributed by atoms with E-state index in [1.54, 1.807) is 24.3 Å². The lowest BCUT2D eigenvalue weighted by Crippen LogP contribution is -2.41. The first kappa shape index (κ1) is 18.3. The average Bonchev–Trinajstić information content (AvgIpc) is 2.71. The number of para-hydroxylation sites is 2. The molecule has 28 heavy (non-hydrogen) atoms. The van der Waals surface area contributed by atoms with Gasteiger partial charge in [-0.05, 0) is 54.7 Å². The summed E-state index contributed by atoms with van der Waals surface area (Å²) >= 11 is 0. The van der Waals surface area contributed by atoms with Gasteiger partial charge in [0.05, 0.1) is 5.69 Å². The Morgan fingerprint density at radius 2 is 1.86 bits per heavy atom. The van der Waals surface area contributed by atoms with Crippen molar-refractivity contribution in [2.45, 2.75) is 38.6 Å². The number of fused-ring (bicyclic) bond motifs is 1. The number of rotatable bonds is 3. The van der Waals surface area contributed by atoms with Gasteiger partial charge in [-0.15, -0.1) is 0 Å². The van der Waals surface area contributed by atoms with E-state index in [2.05, 4.69) is 17.6 Å². The third kappa shape index (κ3) is 3.93. The number of hydrogen-bond acceptors (Lipinski definition) is 3. The van der Waals surface area contributed by atoms with Crippen molar-refractivity contribution in [1.29, 1.82) is 0 Å². The second-order valence-corrected chi connectivity index (χ2v) is 7.52. The van der Waals surface area contributed by atoms with E-state index in [-0.39, 0.29) is 23.6 Å². The van der Waals surface area contributed by atoms with E-state index in [0.717, 1.165) is 12.0 Å². The van der Waals surface area contributed by atoms with Crippen LogP contribution in [0.15, 0.2) is 54.3 Å². The van der Waals surface area contributed by atoms with E-state index in [4.69, 9.17) is 4.74 Å². The molecule has 1 fully saturated rings. The largest absolute Gasteiger partial charge is 0.449 e. The van der Waals surface area contributed by atoms with Crippen LogP contribution in [0.2, 0.25) is 0 Å². The van der Waals surface area contributed by atoms with Gasteiger partial charge in [-0.1, -0.05) is 44.0 Å². The molecule has 0 aromatic heterocycles. The second kappa shape index (κ2) is 7.89. The van der Waals surface area contributed by atoms with Crippen LogP contribution in [0.4, 0.5) is 5.69 Å². The van der Waals surface area contributed by atoms with Crippen LogP contribution in [-0.4, -0.2) is 17.9 Å². The summed E-state index contributed by atoms with van der Waals surface area (Å²) in [4.78, 5) is 24.8. The van der Waals surface area contributed by atoms with Crippen LogP contribution in [-0.2, 0) is 4.79 Å². The van der Waals surface area contributed by atoms with Crippen molar-refractivity contribution in [2.75, 3.05) is 5.32 Å². The van der Waals surface area contributed by atoms with Crippen LogP contribution in [0.25, 0.3) is 6.08 Å². The van der Waals surface area contributed by atoms with Gasteiger partial charge < -0.3 is 15.4 Å². The molecule has 1 saturated carbocycles. The molecular formula is C23H24N2O3. The van der Waals surface area contributed by atoms with Gasteiger partial charge in [0.2, 0.25) is 0 Å². The zero-order valence-corrected chi connectivity index (χ0v) is 15.9. The fourth-order valence-electron chi connectivity index (χ4n) is 3.77. The molecule has 5 nitrogen and oxygen atoms in total. The van der Waals surface area contributed by atoms with Crippen molar-refractivity contribution in [3.63, 3.8) is 0 Å². The van der Waals surface area contributed by atoms with Crippen LogP contribution in [0.3, 0.4) is 0 Å².